The van der Waals surface area contributed by atoms with E-state index >= 15 is 0 Å². The Labute approximate surface area is 161 Å². The molecule has 1 aliphatic rings. The Morgan fingerprint density at radius 1 is 1.11 bits per heavy atom. The molecule has 5 nitrogen and oxygen atoms in total. The minimum atomic E-state index is -0.942. The van der Waals surface area contributed by atoms with Crippen molar-refractivity contribution < 1.29 is 13.6 Å². The third kappa shape index (κ3) is 3.06. The zero-order valence-corrected chi connectivity index (χ0v) is 15.9. The number of aromatic nitrogens is 3. The molecule has 2 heterocycles. The number of rotatable bonds is 3. The smallest absolute Gasteiger partial charge is 0.276 e. The van der Waals surface area contributed by atoms with Gasteiger partial charge in [0.25, 0.3) is 5.91 Å². The molecule has 144 valence electrons. The summed E-state index contributed by atoms with van der Waals surface area (Å²) in [7, 11) is 0. The van der Waals surface area contributed by atoms with Crippen LogP contribution in [0, 0.1) is 32.4 Å². The van der Waals surface area contributed by atoms with Gasteiger partial charge in [-0.1, -0.05) is 0 Å². The summed E-state index contributed by atoms with van der Waals surface area (Å²) in [5.41, 5.74) is 5.67. The Balaban J connectivity index is 1.73. The minimum absolute atomic E-state index is 0.316. The maximum atomic E-state index is 13.7. The molecule has 0 fully saturated rings. The maximum Gasteiger partial charge on any atom is 0.276 e. The van der Waals surface area contributed by atoms with Crippen LogP contribution in [-0.2, 0) is 12.8 Å². The van der Waals surface area contributed by atoms with Crippen LogP contribution in [0.25, 0.3) is 5.69 Å². The van der Waals surface area contributed by atoms with E-state index in [4.69, 9.17) is 0 Å². The number of nitrogens with one attached hydrogen (secondary N) is 1. The van der Waals surface area contributed by atoms with Crippen molar-refractivity contribution in [3.63, 3.8) is 0 Å². The SMILES string of the molecule is Cc1cc(C)c(NC(=O)c2nn(-c3ccc(F)c(F)c3)c3c2CCC3)c(C)n1. The van der Waals surface area contributed by atoms with Crippen molar-refractivity contribution in [2.24, 2.45) is 0 Å². The van der Waals surface area contributed by atoms with Crippen LogP contribution in [0.4, 0.5) is 14.5 Å². The van der Waals surface area contributed by atoms with Gasteiger partial charge >= 0.3 is 0 Å². The predicted molar refractivity (Wildman–Crippen MR) is 102 cm³/mol. The van der Waals surface area contributed by atoms with E-state index in [0.717, 1.165) is 59.6 Å². The molecular weight excluding hydrogens is 362 g/mol. The zero-order chi connectivity index (χ0) is 20.0. The molecule has 1 aromatic carbocycles. The van der Waals surface area contributed by atoms with Crippen molar-refractivity contribution in [3.05, 3.63) is 69.8 Å². The molecule has 1 aliphatic carbocycles. The van der Waals surface area contributed by atoms with Gasteiger partial charge < -0.3 is 5.32 Å². The molecule has 0 saturated carbocycles. The van der Waals surface area contributed by atoms with E-state index in [1.807, 2.05) is 26.8 Å². The molecule has 0 saturated heterocycles. The first kappa shape index (κ1) is 18.3. The summed E-state index contributed by atoms with van der Waals surface area (Å²) in [6, 6.07) is 5.54. The molecule has 0 aliphatic heterocycles. The van der Waals surface area contributed by atoms with E-state index in [0.29, 0.717) is 17.1 Å². The van der Waals surface area contributed by atoms with Crippen LogP contribution in [0.5, 0.6) is 0 Å². The lowest BCUT2D eigenvalue weighted by Gasteiger charge is -2.11. The largest absolute Gasteiger partial charge is 0.319 e. The van der Waals surface area contributed by atoms with E-state index in [1.165, 1.54) is 6.07 Å². The number of pyridine rings is 1. The van der Waals surface area contributed by atoms with Gasteiger partial charge in [-0.15, -0.1) is 0 Å². The van der Waals surface area contributed by atoms with Crippen molar-refractivity contribution >= 4 is 11.6 Å². The number of benzene rings is 1. The molecule has 0 atom stereocenters. The molecular formula is C21H20F2N4O. The lowest BCUT2D eigenvalue weighted by molar-refractivity contribution is 0.102. The highest BCUT2D eigenvalue weighted by Crippen LogP contribution is 2.29. The van der Waals surface area contributed by atoms with Gasteiger partial charge in [0.1, 0.15) is 0 Å². The fraction of sp³-hybridized carbons (Fsp3) is 0.286. The number of amides is 1. The fourth-order valence-electron chi connectivity index (χ4n) is 3.84. The quantitative estimate of drug-likeness (QED) is 0.738. The van der Waals surface area contributed by atoms with Crippen LogP contribution < -0.4 is 5.32 Å². The first-order chi connectivity index (χ1) is 13.3. The summed E-state index contributed by atoms with van der Waals surface area (Å²) in [6.45, 7) is 5.67. The molecule has 1 amide bonds. The lowest BCUT2D eigenvalue weighted by atomic mass is 10.1. The molecule has 0 unspecified atom stereocenters. The van der Waals surface area contributed by atoms with Crippen LogP contribution in [-0.4, -0.2) is 20.7 Å². The number of hydrogen-bond donors (Lipinski definition) is 1. The van der Waals surface area contributed by atoms with Crippen LogP contribution in [0.3, 0.4) is 0 Å². The number of hydrogen-bond acceptors (Lipinski definition) is 3. The fourth-order valence-corrected chi connectivity index (χ4v) is 3.84. The number of carbonyl (C=O) groups is 1. The molecule has 2 aromatic heterocycles. The average molecular weight is 382 g/mol. The monoisotopic (exact) mass is 382 g/mol. The van der Waals surface area contributed by atoms with Gasteiger partial charge in [-0.2, -0.15) is 5.10 Å². The summed E-state index contributed by atoms with van der Waals surface area (Å²) < 4.78 is 28.5. The number of nitrogens with zero attached hydrogens (tertiary/aromatic N) is 3. The van der Waals surface area contributed by atoms with Crippen molar-refractivity contribution in [3.8, 4) is 5.69 Å². The second-order valence-electron chi connectivity index (χ2n) is 7.13. The van der Waals surface area contributed by atoms with E-state index in [1.54, 1.807) is 4.68 Å². The van der Waals surface area contributed by atoms with E-state index in [2.05, 4.69) is 15.4 Å². The summed E-state index contributed by atoms with van der Waals surface area (Å²) in [5, 5.41) is 7.37. The molecule has 3 aromatic rings. The molecule has 1 N–H and O–H groups in total. The number of halogens is 2. The van der Waals surface area contributed by atoms with E-state index < -0.39 is 11.6 Å². The second kappa shape index (κ2) is 6.82. The summed E-state index contributed by atoms with van der Waals surface area (Å²) >= 11 is 0. The highest BCUT2D eigenvalue weighted by Gasteiger charge is 2.27. The van der Waals surface area contributed by atoms with E-state index in [9.17, 15) is 13.6 Å². The molecule has 0 radical (unpaired) electrons. The predicted octanol–water partition coefficient (Wildman–Crippen LogP) is 4.21. The first-order valence-corrected chi connectivity index (χ1v) is 9.17. The van der Waals surface area contributed by atoms with Crippen molar-refractivity contribution in [1.82, 2.24) is 14.8 Å². The summed E-state index contributed by atoms with van der Waals surface area (Å²) in [6.07, 6.45) is 2.35. The average Bonchev–Trinajstić information content (AvgIpc) is 3.23. The number of aryl methyl sites for hydroxylation is 3. The van der Waals surface area contributed by atoms with Gasteiger partial charge in [0.2, 0.25) is 0 Å². The van der Waals surface area contributed by atoms with Crippen molar-refractivity contribution in [2.75, 3.05) is 5.32 Å². The van der Waals surface area contributed by atoms with E-state index in [-0.39, 0.29) is 5.91 Å². The Bertz CT molecular complexity index is 1080. The number of anilines is 1. The number of fused-ring (bicyclic) bond motifs is 1. The molecule has 0 bridgehead atoms. The molecule has 7 heteroatoms. The molecule has 0 spiro atoms. The van der Waals surface area contributed by atoms with Crippen LogP contribution in [0.15, 0.2) is 24.3 Å². The Morgan fingerprint density at radius 3 is 2.61 bits per heavy atom. The van der Waals surface area contributed by atoms with Gasteiger partial charge in [-0.3, -0.25) is 9.78 Å². The highest BCUT2D eigenvalue weighted by atomic mass is 19.2. The Hall–Kier alpha value is -3.09. The topological polar surface area (TPSA) is 59.8 Å². The van der Waals surface area contributed by atoms with Gasteiger partial charge in [0.15, 0.2) is 17.3 Å². The maximum absolute atomic E-state index is 13.7. The van der Waals surface area contributed by atoms with Crippen molar-refractivity contribution in [1.29, 1.82) is 0 Å². The summed E-state index contributed by atoms with van der Waals surface area (Å²) in [4.78, 5) is 17.4. The third-order valence-corrected chi connectivity index (χ3v) is 5.06. The van der Waals surface area contributed by atoms with Gasteiger partial charge in [0, 0.05) is 23.0 Å². The minimum Gasteiger partial charge on any atom is -0.319 e. The number of carbonyl (C=O) groups excluding carboxylic acids is 1. The van der Waals surface area contributed by atoms with Crippen LogP contribution in [0.1, 0.15) is 45.1 Å². The molecule has 28 heavy (non-hydrogen) atoms. The van der Waals surface area contributed by atoms with Crippen molar-refractivity contribution in [2.45, 2.75) is 40.0 Å². The second-order valence-corrected chi connectivity index (χ2v) is 7.13. The summed E-state index contributed by atoms with van der Waals surface area (Å²) in [5.74, 6) is -2.18. The first-order valence-electron chi connectivity index (χ1n) is 9.17. The van der Waals surface area contributed by atoms with Crippen LogP contribution in [0.2, 0.25) is 0 Å². The third-order valence-electron chi connectivity index (χ3n) is 5.06. The van der Waals surface area contributed by atoms with Crippen LogP contribution >= 0.6 is 0 Å². The Kier molecular flexibility index (Phi) is 4.45. The van der Waals surface area contributed by atoms with Gasteiger partial charge in [0.05, 0.1) is 17.1 Å². The van der Waals surface area contributed by atoms with Gasteiger partial charge in [-0.25, -0.2) is 13.5 Å². The van der Waals surface area contributed by atoms with Gasteiger partial charge in [-0.05, 0) is 63.8 Å². The standard InChI is InChI=1S/C21H20F2N4O/c1-11-9-12(2)24-13(3)19(11)25-21(28)20-15-5-4-6-18(15)27(26-20)14-7-8-16(22)17(23)10-14/h7-10H,4-6H2,1-3H3,(H,25,28). The highest BCUT2D eigenvalue weighted by molar-refractivity contribution is 6.04. The lowest BCUT2D eigenvalue weighted by Crippen LogP contribution is -2.17. The zero-order valence-electron chi connectivity index (χ0n) is 15.9. The Morgan fingerprint density at radius 2 is 1.89 bits per heavy atom. The normalized spacial score (nSPS) is 12.9. The molecule has 4 rings (SSSR count).